The lowest BCUT2D eigenvalue weighted by atomic mass is 10.1. The highest BCUT2D eigenvalue weighted by atomic mass is 19.4. The van der Waals surface area contributed by atoms with Crippen molar-refractivity contribution < 1.29 is 35.5 Å². The second-order valence-corrected chi connectivity index (χ2v) is 5.90. The zero-order valence-corrected chi connectivity index (χ0v) is 16.4. The molecular weight excluding hydrogens is 431 g/mol. The summed E-state index contributed by atoms with van der Waals surface area (Å²) in [6, 6.07) is 4.35. The van der Waals surface area contributed by atoms with Gasteiger partial charge in [0.05, 0.1) is 11.3 Å². The van der Waals surface area contributed by atoms with Gasteiger partial charge in [-0.3, -0.25) is 9.48 Å². The second-order valence-electron chi connectivity index (χ2n) is 5.90. The molecule has 0 aliphatic carbocycles. The minimum atomic E-state index is -4.82. The van der Waals surface area contributed by atoms with Gasteiger partial charge in [0.15, 0.2) is 5.69 Å². The minimum absolute atomic E-state index is 0.467. The number of halogens is 7. The lowest BCUT2D eigenvalue weighted by molar-refractivity contribution is -0.141. The lowest BCUT2D eigenvalue weighted by Crippen LogP contribution is -2.16. The molecule has 0 saturated carbocycles. The van der Waals surface area contributed by atoms with Gasteiger partial charge in [-0.2, -0.15) is 18.3 Å². The highest BCUT2D eigenvalue weighted by Gasteiger charge is 2.35. The van der Waals surface area contributed by atoms with Gasteiger partial charge in [-0.15, -0.1) is 0 Å². The molecule has 0 atom stereocenters. The Kier molecular flexibility index (Phi) is 7.09. The molecule has 0 spiro atoms. The molecule has 0 aliphatic rings. The average molecular weight is 447 g/mol. The number of hydrogen-bond acceptors (Lipinski definition) is 2. The Hall–Kier alpha value is -3.37. The summed E-state index contributed by atoms with van der Waals surface area (Å²) in [5.74, 6) is -6.30. The van der Waals surface area contributed by atoms with Gasteiger partial charge < -0.3 is 5.32 Å². The third kappa shape index (κ3) is 5.04. The Morgan fingerprint density at radius 1 is 0.935 bits per heavy atom. The van der Waals surface area contributed by atoms with Crippen LogP contribution in [-0.4, -0.2) is 15.7 Å². The molecule has 31 heavy (non-hydrogen) atoms. The topological polar surface area (TPSA) is 46.9 Å². The first-order valence-electron chi connectivity index (χ1n) is 8.85. The first-order chi connectivity index (χ1) is 14.5. The third-order valence-electron chi connectivity index (χ3n) is 3.92. The molecule has 0 unspecified atom stereocenters. The maximum Gasteiger partial charge on any atom is 0.435 e. The molecule has 166 valence electrons. The van der Waals surface area contributed by atoms with Crippen LogP contribution in [0.3, 0.4) is 0 Å². The van der Waals surface area contributed by atoms with Gasteiger partial charge in [0.2, 0.25) is 0 Å². The number of benzene rings is 2. The fraction of sp³-hybridized carbons (Fsp3) is 0.200. The van der Waals surface area contributed by atoms with Crippen LogP contribution in [-0.2, 0) is 13.2 Å². The van der Waals surface area contributed by atoms with E-state index in [1.54, 1.807) is 0 Å². The predicted octanol–water partition coefficient (Wildman–Crippen LogP) is 5.94. The van der Waals surface area contributed by atoms with E-state index in [-0.39, 0.29) is 0 Å². The molecule has 4 nitrogen and oxygen atoms in total. The van der Waals surface area contributed by atoms with E-state index < -0.39 is 63.6 Å². The van der Waals surface area contributed by atoms with Crippen LogP contribution in [0.4, 0.5) is 36.4 Å². The molecule has 1 N–H and O–H groups in total. The fourth-order valence-corrected chi connectivity index (χ4v) is 2.64. The van der Waals surface area contributed by atoms with Gasteiger partial charge in [-0.1, -0.05) is 19.9 Å². The summed E-state index contributed by atoms with van der Waals surface area (Å²) in [5.41, 5.74) is -4.11. The van der Waals surface area contributed by atoms with Crippen molar-refractivity contribution in [2.45, 2.75) is 20.0 Å². The second kappa shape index (κ2) is 9.19. The van der Waals surface area contributed by atoms with E-state index in [0.717, 1.165) is 25.2 Å². The number of anilines is 1. The molecule has 0 saturated heterocycles. The fourth-order valence-electron chi connectivity index (χ4n) is 2.64. The monoisotopic (exact) mass is 447 g/mol. The largest absolute Gasteiger partial charge is 0.435 e. The van der Waals surface area contributed by atoms with Crippen molar-refractivity contribution in [3.05, 3.63) is 70.9 Å². The number of carbonyl (C=O) groups excluding carboxylic acids is 1. The normalized spacial score (nSPS) is 11.0. The summed E-state index contributed by atoms with van der Waals surface area (Å²) in [4.78, 5) is 12.0. The van der Waals surface area contributed by atoms with Gasteiger partial charge in [-0.25, -0.2) is 17.6 Å². The first-order valence-corrected chi connectivity index (χ1v) is 8.85. The number of alkyl halides is 3. The van der Waals surface area contributed by atoms with Crippen molar-refractivity contribution in [1.29, 1.82) is 0 Å². The molecular formula is C20H16F7N3O. The Labute approximate surface area is 172 Å². The number of hydrogen-bond donors (Lipinski definition) is 1. The molecule has 0 bridgehead atoms. The van der Waals surface area contributed by atoms with Crippen molar-refractivity contribution in [3.63, 3.8) is 0 Å². The van der Waals surface area contributed by atoms with Crippen LogP contribution in [0, 0.1) is 23.3 Å². The Morgan fingerprint density at radius 3 is 1.90 bits per heavy atom. The minimum Gasteiger partial charge on any atom is -0.322 e. The molecule has 0 fully saturated rings. The number of amides is 1. The molecule has 1 heterocycles. The number of rotatable bonds is 3. The van der Waals surface area contributed by atoms with E-state index in [1.165, 1.54) is 0 Å². The van der Waals surface area contributed by atoms with Gasteiger partial charge in [0.1, 0.15) is 28.8 Å². The maximum atomic E-state index is 14.4. The summed E-state index contributed by atoms with van der Waals surface area (Å²) in [5, 5.41) is 5.12. The summed E-state index contributed by atoms with van der Waals surface area (Å²) < 4.78 is 95.1. The smallest absolute Gasteiger partial charge is 0.322 e. The quantitative estimate of drug-likeness (QED) is 0.505. The number of aryl methyl sites for hydroxylation is 1. The molecule has 11 heteroatoms. The predicted molar refractivity (Wildman–Crippen MR) is 99.2 cm³/mol. The van der Waals surface area contributed by atoms with Crippen LogP contribution in [0.5, 0.6) is 0 Å². The molecule has 3 rings (SSSR count). The van der Waals surface area contributed by atoms with Crippen LogP contribution in [0.2, 0.25) is 0 Å². The first kappa shape index (κ1) is 23.9. The van der Waals surface area contributed by atoms with Crippen molar-refractivity contribution >= 4 is 11.6 Å². The van der Waals surface area contributed by atoms with E-state index in [2.05, 4.69) is 5.10 Å². The highest BCUT2D eigenvalue weighted by molar-refractivity contribution is 6.04. The summed E-state index contributed by atoms with van der Waals surface area (Å²) >= 11 is 0. The van der Waals surface area contributed by atoms with E-state index in [0.29, 0.717) is 22.9 Å². The number of aromatic nitrogens is 2. The molecule has 0 aliphatic heterocycles. The zero-order chi connectivity index (χ0) is 23.5. The highest BCUT2D eigenvalue weighted by Crippen LogP contribution is 2.34. The van der Waals surface area contributed by atoms with E-state index in [1.807, 2.05) is 19.2 Å². The van der Waals surface area contributed by atoms with Crippen LogP contribution in [0.15, 0.2) is 36.4 Å². The molecule has 1 aromatic heterocycles. The van der Waals surface area contributed by atoms with Gasteiger partial charge in [0.25, 0.3) is 5.91 Å². The van der Waals surface area contributed by atoms with Crippen molar-refractivity contribution in [3.8, 4) is 11.3 Å². The van der Waals surface area contributed by atoms with Crippen molar-refractivity contribution in [2.24, 2.45) is 7.05 Å². The van der Waals surface area contributed by atoms with Crippen LogP contribution in [0.1, 0.15) is 29.9 Å². The van der Waals surface area contributed by atoms with Gasteiger partial charge >= 0.3 is 6.18 Å². The van der Waals surface area contributed by atoms with Crippen LogP contribution in [0.25, 0.3) is 11.3 Å². The average Bonchev–Trinajstić information content (AvgIpc) is 3.04. The molecule has 0 radical (unpaired) electrons. The van der Waals surface area contributed by atoms with E-state index in [4.69, 9.17) is 0 Å². The SMILES string of the molecule is CC.Cn1nc(C(F)(F)F)cc1-c1c(F)cc(NC(=O)c2c(F)cccc2F)cc1F. The Morgan fingerprint density at radius 2 is 1.45 bits per heavy atom. The third-order valence-corrected chi connectivity index (χ3v) is 3.92. The summed E-state index contributed by atoms with van der Waals surface area (Å²) in [6.45, 7) is 4.00. The molecule has 3 aromatic rings. The van der Waals surface area contributed by atoms with E-state index in [9.17, 15) is 35.5 Å². The van der Waals surface area contributed by atoms with Crippen LogP contribution < -0.4 is 5.32 Å². The van der Waals surface area contributed by atoms with Gasteiger partial charge in [-0.05, 0) is 30.3 Å². The van der Waals surface area contributed by atoms with Crippen molar-refractivity contribution in [2.75, 3.05) is 5.32 Å². The number of nitrogens with zero attached hydrogens (tertiary/aromatic N) is 2. The lowest BCUT2D eigenvalue weighted by Gasteiger charge is -2.10. The number of nitrogens with one attached hydrogen (secondary N) is 1. The summed E-state index contributed by atoms with van der Waals surface area (Å²) in [7, 11) is 1.07. The standard InChI is InChI=1S/C18H10F7N3O.C2H6/c1-28-13(7-14(27-28)18(23,24)25)15-11(21)5-8(6-12(15)22)26-17(29)16-9(19)3-2-4-10(16)20;1-2/h2-7H,1H3,(H,26,29);1-2H3. The van der Waals surface area contributed by atoms with E-state index >= 15 is 0 Å². The van der Waals surface area contributed by atoms with Crippen molar-refractivity contribution in [1.82, 2.24) is 9.78 Å². The zero-order valence-electron chi connectivity index (χ0n) is 16.4. The molecule has 1 amide bonds. The summed E-state index contributed by atoms with van der Waals surface area (Å²) in [6.07, 6.45) is -4.82. The van der Waals surface area contributed by atoms with Gasteiger partial charge in [0, 0.05) is 12.7 Å². The molecule has 2 aromatic carbocycles. The Balaban J connectivity index is 0.00000166. The maximum absolute atomic E-state index is 14.4. The number of carbonyl (C=O) groups is 1. The van der Waals surface area contributed by atoms with Crippen LogP contribution >= 0.6 is 0 Å². The Bertz CT molecular complexity index is 1060.